The van der Waals surface area contributed by atoms with Crippen molar-refractivity contribution in [2.45, 2.75) is 25.7 Å². The summed E-state index contributed by atoms with van der Waals surface area (Å²) in [6, 6.07) is 21.0. The van der Waals surface area contributed by atoms with E-state index < -0.39 is 10.0 Å². The van der Waals surface area contributed by atoms with Gasteiger partial charge in [-0.15, -0.1) is 0 Å². The molecule has 33 heavy (non-hydrogen) atoms. The minimum Gasteiger partial charge on any atom is -0.295 e. The molecular weight excluding hydrogens is 436 g/mol. The quantitative estimate of drug-likeness (QED) is 0.410. The molecule has 0 radical (unpaired) electrons. The van der Waals surface area contributed by atoms with Crippen molar-refractivity contribution in [1.29, 1.82) is 0 Å². The number of aromatic amines is 1. The molecule has 0 saturated heterocycles. The highest BCUT2D eigenvalue weighted by Gasteiger charge is 2.16. The Morgan fingerprint density at radius 2 is 1.48 bits per heavy atom. The normalized spacial score (nSPS) is 11.7. The second-order valence-corrected chi connectivity index (χ2v) is 9.50. The lowest BCUT2D eigenvalue weighted by Gasteiger charge is -2.10. The number of para-hydroxylation sites is 2. The average molecular weight is 461 g/mol. The summed E-state index contributed by atoms with van der Waals surface area (Å²) in [7, 11) is -3.78. The number of H-pyrrole nitrogens is 1. The zero-order chi connectivity index (χ0) is 23.6. The molecule has 168 valence electrons. The van der Waals surface area contributed by atoms with Crippen molar-refractivity contribution in [3.05, 3.63) is 106 Å². The van der Waals surface area contributed by atoms with E-state index in [2.05, 4.69) is 14.8 Å². The third-order valence-electron chi connectivity index (χ3n) is 5.22. The fourth-order valence-corrected chi connectivity index (χ4v) is 4.39. The van der Waals surface area contributed by atoms with Gasteiger partial charge in [0.05, 0.1) is 27.5 Å². The molecule has 0 fully saturated rings. The van der Waals surface area contributed by atoms with Crippen molar-refractivity contribution in [1.82, 2.24) is 9.78 Å². The molecule has 8 heteroatoms. The first-order chi connectivity index (χ1) is 15.7. The Morgan fingerprint density at radius 1 is 0.879 bits per heavy atom. The Morgan fingerprint density at radius 3 is 2.15 bits per heavy atom. The van der Waals surface area contributed by atoms with Gasteiger partial charge in [0.25, 0.3) is 15.6 Å². The van der Waals surface area contributed by atoms with Crippen LogP contribution in [0.2, 0.25) is 0 Å². The van der Waals surface area contributed by atoms with E-state index in [1.54, 1.807) is 55.5 Å². The zero-order valence-electron chi connectivity index (χ0n) is 18.5. The van der Waals surface area contributed by atoms with Gasteiger partial charge in [-0.05, 0) is 57.2 Å². The molecule has 0 amide bonds. The molecule has 2 N–H and O–H groups in total. The van der Waals surface area contributed by atoms with E-state index in [1.807, 2.05) is 38.1 Å². The van der Waals surface area contributed by atoms with Gasteiger partial charge in [0.15, 0.2) is 0 Å². The topological polar surface area (TPSA) is 96.3 Å². The van der Waals surface area contributed by atoms with Crippen LogP contribution in [0.15, 0.2) is 87.5 Å². The second-order valence-electron chi connectivity index (χ2n) is 7.82. The van der Waals surface area contributed by atoms with E-state index in [-0.39, 0.29) is 10.5 Å². The predicted molar refractivity (Wildman–Crippen MR) is 132 cm³/mol. The van der Waals surface area contributed by atoms with E-state index in [4.69, 9.17) is 0 Å². The summed E-state index contributed by atoms with van der Waals surface area (Å²) >= 11 is 0. The number of aromatic nitrogens is 2. The Hall–Kier alpha value is -3.91. The van der Waals surface area contributed by atoms with Crippen LogP contribution in [0.4, 0.5) is 11.4 Å². The van der Waals surface area contributed by atoms with E-state index in [0.29, 0.717) is 22.6 Å². The molecule has 3 aromatic carbocycles. The maximum Gasteiger partial charge on any atom is 0.280 e. The first-order valence-corrected chi connectivity index (χ1v) is 11.8. The lowest BCUT2D eigenvalue weighted by Crippen LogP contribution is -2.17. The minimum atomic E-state index is -3.78. The highest BCUT2D eigenvalue weighted by atomic mass is 32.2. The Labute approximate surface area is 192 Å². The van der Waals surface area contributed by atoms with Gasteiger partial charge >= 0.3 is 0 Å². The molecule has 0 unspecified atom stereocenters. The van der Waals surface area contributed by atoms with E-state index in [1.165, 1.54) is 10.9 Å². The van der Waals surface area contributed by atoms with Crippen molar-refractivity contribution in [3.63, 3.8) is 0 Å². The molecule has 0 saturated carbocycles. The lowest BCUT2D eigenvalue weighted by molar-refractivity contribution is 0.601. The van der Waals surface area contributed by atoms with Crippen LogP contribution in [-0.2, 0) is 10.0 Å². The third kappa shape index (κ3) is 4.80. The summed E-state index contributed by atoms with van der Waals surface area (Å²) in [6.07, 6.45) is 1.46. The minimum absolute atomic E-state index is 0.161. The Balaban J connectivity index is 1.65. The number of rotatable bonds is 6. The van der Waals surface area contributed by atoms with Crippen LogP contribution in [-0.4, -0.2) is 24.4 Å². The Kier molecular flexibility index (Phi) is 6.02. The van der Waals surface area contributed by atoms with Crippen molar-refractivity contribution in [2.75, 3.05) is 4.72 Å². The van der Waals surface area contributed by atoms with Gasteiger partial charge < -0.3 is 0 Å². The van der Waals surface area contributed by atoms with Crippen LogP contribution in [0, 0.1) is 20.8 Å². The van der Waals surface area contributed by atoms with Crippen LogP contribution in [0.25, 0.3) is 5.69 Å². The summed E-state index contributed by atoms with van der Waals surface area (Å²) in [5.74, 6) is 0. The highest BCUT2D eigenvalue weighted by molar-refractivity contribution is 7.92. The van der Waals surface area contributed by atoms with Crippen molar-refractivity contribution in [2.24, 2.45) is 4.99 Å². The molecule has 0 atom stereocenters. The number of aryl methyl sites for hydroxylation is 3. The van der Waals surface area contributed by atoms with E-state index >= 15 is 0 Å². The number of sulfonamides is 1. The van der Waals surface area contributed by atoms with Gasteiger partial charge in [-0.2, -0.15) is 0 Å². The van der Waals surface area contributed by atoms with Gasteiger partial charge in [-0.3, -0.25) is 19.6 Å². The molecule has 7 nitrogen and oxygen atoms in total. The molecule has 1 aromatic heterocycles. The standard InChI is InChI=1S/C25H24N4O3S/c1-17-8-12-20(13-9-17)29-25(30)22(19(3)27-29)16-26-23-6-4-5-7-24(23)28-33(31,32)21-14-10-18(2)11-15-21/h4-16,27-28H,1-3H3. The number of hydrogen-bond acceptors (Lipinski definition) is 4. The van der Waals surface area contributed by atoms with Gasteiger partial charge in [0.2, 0.25) is 0 Å². The molecule has 0 aliphatic rings. The first kappa shape index (κ1) is 22.3. The molecule has 0 aliphatic heterocycles. The lowest BCUT2D eigenvalue weighted by atomic mass is 10.2. The summed E-state index contributed by atoms with van der Waals surface area (Å²) < 4.78 is 29.7. The predicted octanol–water partition coefficient (Wildman–Crippen LogP) is 4.64. The smallest absolute Gasteiger partial charge is 0.280 e. The van der Waals surface area contributed by atoms with Crippen LogP contribution >= 0.6 is 0 Å². The number of anilines is 1. The van der Waals surface area contributed by atoms with Gasteiger partial charge in [0, 0.05) is 11.9 Å². The largest absolute Gasteiger partial charge is 0.295 e. The van der Waals surface area contributed by atoms with Crippen LogP contribution in [0.3, 0.4) is 0 Å². The average Bonchev–Trinajstić information content (AvgIpc) is 3.07. The highest BCUT2D eigenvalue weighted by Crippen LogP contribution is 2.27. The first-order valence-electron chi connectivity index (χ1n) is 10.4. The molecular formula is C25H24N4O3S. The maximum absolute atomic E-state index is 13.0. The van der Waals surface area contributed by atoms with Gasteiger partial charge in [-0.1, -0.05) is 47.5 Å². The van der Waals surface area contributed by atoms with Gasteiger partial charge in [0.1, 0.15) is 0 Å². The van der Waals surface area contributed by atoms with Crippen molar-refractivity contribution < 1.29 is 8.42 Å². The number of nitrogens with one attached hydrogen (secondary N) is 2. The summed E-state index contributed by atoms with van der Waals surface area (Å²) in [5, 5.41) is 3.07. The molecule has 4 aromatic rings. The van der Waals surface area contributed by atoms with Crippen LogP contribution in [0.1, 0.15) is 22.4 Å². The number of hydrogen-bond donors (Lipinski definition) is 2. The van der Waals surface area contributed by atoms with Gasteiger partial charge in [-0.25, -0.2) is 13.1 Å². The van der Waals surface area contributed by atoms with E-state index in [0.717, 1.165) is 16.8 Å². The Bertz CT molecular complexity index is 1480. The summed E-state index contributed by atoms with van der Waals surface area (Å²) in [6.45, 7) is 5.66. The molecule has 4 rings (SSSR count). The maximum atomic E-state index is 13.0. The fraction of sp³-hybridized carbons (Fsp3) is 0.120. The molecule has 0 aliphatic carbocycles. The van der Waals surface area contributed by atoms with Crippen molar-refractivity contribution in [3.8, 4) is 5.69 Å². The summed E-state index contributed by atoms with van der Waals surface area (Å²) in [4.78, 5) is 17.5. The number of nitrogens with zero attached hydrogens (tertiary/aromatic N) is 2. The van der Waals surface area contributed by atoms with E-state index in [9.17, 15) is 13.2 Å². The van der Waals surface area contributed by atoms with Crippen LogP contribution < -0.4 is 10.3 Å². The molecule has 1 heterocycles. The molecule has 0 spiro atoms. The van der Waals surface area contributed by atoms with Crippen molar-refractivity contribution >= 4 is 27.6 Å². The summed E-state index contributed by atoms with van der Waals surface area (Å²) in [5.41, 5.74) is 4.32. The molecule has 0 bridgehead atoms. The zero-order valence-corrected chi connectivity index (χ0v) is 19.3. The fourth-order valence-electron chi connectivity index (χ4n) is 3.31. The third-order valence-corrected chi connectivity index (χ3v) is 6.60. The number of benzene rings is 3. The monoisotopic (exact) mass is 460 g/mol. The number of aliphatic imine (C=N–C) groups is 1. The SMILES string of the molecule is Cc1ccc(-n2[nH]c(C)c(C=Nc3ccccc3NS(=O)(=O)c3ccc(C)cc3)c2=O)cc1. The second kappa shape index (κ2) is 8.91. The van der Waals surface area contributed by atoms with Crippen LogP contribution in [0.5, 0.6) is 0 Å².